The van der Waals surface area contributed by atoms with Crippen LogP contribution in [0.4, 0.5) is 0 Å². The predicted octanol–water partition coefficient (Wildman–Crippen LogP) is 0.0694. The van der Waals surface area contributed by atoms with Crippen LogP contribution >= 0.6 is 0 Å². The highest BCUT2D eigenvalue weighted by Crippen LogP contribution is 2.15. The lowest BCUT2D eigenvalue weighted by molar-refractivity contribution is -1.00. The Labute approximate surface area is 139 Å². The summed E-state index contributed by atoms with van der Waals surface area (Å²) in [7, 11) is 2.28. The van der Waals surface area contributed by atoms with Crippen molar-refractivity contribution in [3.05, 3.63) is 65.7 Å². The molecule has 0 radical (unpaired) electrons. The maximum atomic E-state index is 5.91. The molecule has 0 atom stereocenters. The first-order valence-electron chi connectivity index (χ1n) is 8.70. The Balaban J connectivity index is 1.42. The third-order valence-electron chi connectivity index (χ3n) is 4.71. The summed E-state index contributed by atoms with van der Waals surface area (Å²) in [6.45, 7) is 7.02. The molecule has 0 amide bonds. The Hall–Kier alpha value is -1.84. The van der Waals surface area contributed by atoms with Crippen molar-refractivity contribution in [3.8, 4) is 5.75 Å². The molecule has 2 aromatic rings. The van der Waals surface area contributed by atoms with Gasteiger partial charge in [-0.05, 0) is 29.7 Å². The molecule has 1 fully saturated rings. The van der Waals surface area contributed by atoms with Gasteiger partial charge in [-0.15, -0.1) is 0 Å². The van der Waals surface area contributed by atoms with E-state index in [0.717, 1.165) is 25.3 Å². The van der Waals surface area contributed by atoms with Gasteiger partial charge in [-0.1, -0.05) is 42.5 Å². The SMILES string of the molecule is C[NH+]1CC[NH+](CCOc2ccc(Cc3ccccc3)cc2)CC1. The lowest BCUT2D eigenvalue weighted by atomic mass is 10.1. The molecule has 0 aromatic heterocycles. The molecular formula is C20H28N2O+2. The topological polar surface area (TPSA) is 18.1 Å². The molecule has 0 bridgehead atoms. The molecule has 3 rings (SSSR count). The van der Waals surface area contributed by atoms with Crippen LogP contribution in [0.2, 0.25) is 0 Å². The van der Waals surface area contributed by atoms with Crippen LogP contribution in [-0.4, -0.2) is 46.4 Å². The van der Waals surface area contributed by atoms with Gasteiger partial charge in [0.2, 0.25) is 0 Å². The summed E-state index contributed by atoms with van der Waals surface area (Å²) in [4.78, 5) is 3.33. The molecule has 0 unspecified atom stereocenters. The normalized spacial score (nSPS) is 21.1. The second-order valence-electron chi connectivity index (χ2n) is 6.61. The monoisotopic (exact) mass is 312 g/mol. The Kier molecular flexibility index (Phi) is 5.67. The van der Waals surface area contributed by atoms with Crippen molar-refractivity contribution in [2.45, 2.75) is 6.42 Å². The predicted molar refractivity (Wildman–Crippen MR) is 93.4 cm³/mol. The zero-order valence-electron chi connectivity index (χ0n) is 14.1. The Bertz CT molecular complexity index is 574. The number of piperazine rings is 1. The molecular weight excluding hydrogens is 284 g/mol. The van der Waals surface area contributed by atoms with E-state index in [1.54, 1.807) is 9.80 Å². The van der Waals surface area contributed by atoms with Crippen LogP contribution in [0.15, 0.2) is 54.6 Å². The molecule has 1 aliphatic heterocycles. The van der Waals surface area contributed by atoms with Gasteiger partial charge >= 0.3 is 0 Å². The zero-order chi connectivity index (χ0) is 15.9. The van der Waals surface area contributed by atoms with E-state index in [1.165, 1.54) is 37.3 Å². The summed E-state index contributed by atoms with van der Waals surface area (Å²) in [5, 5.41) is 0. The molecule has 122 valence electrons. The highest BCUT2D eigenvalue weighted by molar-refractivity contribution is 5.31. The molecule has 23 heavy (non-hydrogen) atoms. The first kappa shape index (κ1) is 16.0. The highest BCUT2D eigenvalue weighted by Gasteiger charge is 2.19. The van der Waals surface area contributed by atoms with E-state index in [1.807, 2.05) is 0 Å². The molecule has 3 heteroatoms. The minimum atomic E-state index is 0.812. The van der Waals surface area contributed by atoms with Crippen molar-refractivity contribution < 1.29 is 14.5 Å². The molecule has 3 nitrogen and oxygen atoms in total. The lowest BCUT2D eigenvalue weighted by Crippen LogP contribution is -3.27. The van der Waals surface area contributed by atoms with E-state index < -0.39 is 0 Å². The number of hydrogen-bond acceptors (Lipinski definition) is 1. The fourth-order valence-electron chi connectivity index (χ4n) is 3.13. The minimum Gasteiger partial charge on any atom is -0.488 e. The third kappa shape index (κ3) is 5.08. The van der Waals surface area contributed by atoms with E-state index in [9.17, 15) is 0 Å². The van der Waals surface area contributed by atoms with Crippen molar-refractivity contribution in [2.24, 2.45) is 0 Å². The lowest BCUT2D eigenvalue weighted by Gasteiger charge is -2.27. The van der Waals surface area contributed by atoms with Gasteiger partial charge in [-0.3, -0.25) is 0 Å². The molecule has 0 saturated carbocycles. The van der Waals surface area contributed by atoms with Gasteiger partial charge in [0.15, 0.2) is 0 Å². The summed E-state index contributed by atoms with van der Waals surface area (Å²) in [5.74, 6) is 0.987. The average molecular weight is 312 g/mol. The summed E-state index contributed by atoms with van der Waals surface area (Å²) < 4.78 is 5.91. The average Bonchev–Trinajstić information content (AvgIpc) is 2.59. The zero-order valence-corrected chi connectivity index (χ0v) is 14.1. The van der Waals surface area contributed by atoms with Crippen LogP contribution in [0.1, 0.15) is 11.1 Å². The second kappa shape index (κ2) is 8.14. The molecule has 1 heterocycles. The standard InChI is InChI=1S/C20H26N2O/c1-21-11-13-22(14-12-21)15-16-23-20-9-7-19(8-10-20)17-18-5-3-2-4-6-18/h2-10H,11-17H2,1H3/p+2. The number of hydrogen-bond donors (Lipinski definition) is 2. The number of benzene rings is 2. The van der Waals surface area contributed by atoms with Crippen molar-refractivity contribution in [1.82, 2.24) is 0 Å². The molecule has 1 aliphatic rings. The first-order valence-corrected chi connectivity index (χ1v) is 8.70. The van der Waals surface area contributed by atoms with Crippen LogP contribution in [0, 0.1) is 0 Å². The molecule has 0 aliphatic carbocycles. The number of nitrogens with one attached hydrogen (secondary N) is 2. The quantitative estimate of drug-likeness (QED) is 0.772. The van der Waals surface area contributed by atoms with Crippen LogP contribution in [0.25, 0.3) is 0 Å². The van der Waals surface area contributed by atoms with Crippen molar-refractivity contribution in [2.75, 3.05) is 46.4 Å². The molecule has 2 aromatic carbocycles. The second-order valence-corrected chi connectivity index (χ2v) is 6.61. The van der Waals surface area contributed by atoms with E-state index in [2.05, 4.69) is 61.6 Å². The van der Waals surface area contributed by atoms with Crippen LogP contribution < -0.4 is 14.5 Å². The first-order chi connectivity index (χ1) is 11.3. The number of likely N-dealkylation sites (N-methyl/N-ethyl adjacent to an activating group) is 1. The van der Waals surface area contributed by atoms with Crippen LogP contribution in [0.3, 0.4) is 0 Å². The smallest absolute Gasteiger partial charge is 0.137 e. The Morgan fingerprint density at radius 2 is 1.48 bits per heavy atom. The number of quaternary nitrogens is 2. The maximum Gasteiger partial charge on any atom is 0.137 e. The molecule has 0 spiro atoms. The fourth-order valence-corrected chi connectivity index (χ4v) is 3.13. The van der Waals surface area contributed by atoms with Gasteiger partial charge in [-0.25, -0.2) is 0 Å². The van der Waals surface area contributed by atoms with Crippen LogP contribution in [-0.2, 0) is 6.42 Å². The van der Waals surface area contributed by atoms with E-state index >= 15 is 0 Å². The van der Waals surface area contributed by atoms with Crippen molar-refractivity contribution >= 4 is 0 Å². The highest BCUT2D eigenvalue weighted by atomic mass is 16.5. The van der Waals surface area contributed by atoms with Crippen LogP contribution in [0.5, 0.6) is 5.75 Å². The Morgan fingerprint density at radius 3 is 2.17 bits per heavy atom. The van der Waals surface area contributed by atoms with Gasteiger partial charge in [-0.2, -0.15) is 0 Å². The van der Waals surface area contributed by atoms with E-state index in [4.69, 9.17) is 4.74 Å². The van der Waals surface area contributed by atoms with Gasteiger partial charge in [0.1, 0.15) is 45.1 Å². The summed E-state index contributed by atoms with van der Waals surface area (Å²) in [5.41, 5.74) is 2.68. The summed E-state index contributed by atoms with van der Waals surface area (Å²) >= 11 is 0. The summed E-state index contributed by atoms with van der Waals surface area (Å²) in [6, 6.07) is 19.1. The van der Waals surface area contributed by atoms with Gasteiger partial charge < -0.3 is 14.5 Å². The van der Waals surface area contributed by atoms with Crippen molar-refractivity contribution in [3.63, 3.8) is 0 Å². The largest absolute Gasteiger partial charge is 0.488 e. The summed E-state index contributed by atoms with van der Waals surface area (Å²) in [6.07, 6.45) is 0.981. The van der Waals surface area contributed by atoms with Crippen molar-refractivity contribution in [1.29, 1.82) is 0 Å². The number of rotatable bonds is 6. The van der Waals surface area contributed by atoms with Gasteiger partial charge in [0.25, 0.3) is 0 Å². The van der Waals surface area contributed by atoms with Gasteiger partial charge in [0, 0.05) is 0 Å². The third-order valence-corrected chi connectivity index (χ3v) is 4.71. The van der Waals surface area contributed by atoms with E-state index in [0.29, 0.717) is 0 Å². The molecule has 2 N–H and O–H groups in total. The fraction of sp³-hybridized carbons (Fsp3) is 0.400. The Morgan fingerprint density at radius 1 is 0.826 bits per heavy atom. The molecule has 1 saturated heterocycles. The minimum absolute atomic E-state index is 0.812. The van der Waals surface area contributed by atoms with Gasteiger partial charge in [0.05, 0.1) is 7.05 Å². The number of ether oxygens (including phenoxy) is 1. The van der Waals surface area contributed by atoms with E-state index in [-0.39, 0.29) is 0 Å². The maximum absolute atomic E-state index is 5.91.